The maximum Gasteiger partial charge on any atom is 0.336 e. The number of nitro benzene ring substituents is 1. The Morgan fingerprint density at radius 2 is 1.62 bits per heavy atom. The number of non-ortho nitro benzene ring substituents is 1. The van der Waals surface area contributed by atoms with Gasteiger partial charge in [-0.3, -0.25) is 19.7 Å². The minimum Gasteiger partial charge on any atom is -0.466 e. The van der Waals surface area contributed by atoms with Crippen molar-refractivity contribution in [1.82, 2.24) is 15.5 Å². The molecule has 2 heterocycles. The Balaban J connectivity index is 1.61. The van der Waals surface area contributed by atoms with Crippen molar-refractivity contribution in [2.24, 2.45) is 5.92 Å². The largest absolute Gasteiger partial charge is 0.466 e. The molecule has 0 bridgehead atoms. The summed E-state index contributed by atoms with van der Waals surface area (Å²) in [6, 6.07) is 15.0. The molecule has 0 aliphatic carbocycles. The summed E-state index contributed by atoms with van der Waals surface area (Å²) in [6.45, 7) is 9.49. The number of nitro groups is 1. The van der Waals surface area contributed by atoms with Crippen LogP contribution < -0.4 is 15.5 Å². The van der Waals surface area contributed by atoms with Crippen molar-refractivity contribution in [3.05, 3.63) is 92.8 Å². The van der Waals surface area contributed by atoms with E-state index < -0.39 is 28.8 Å². The van der Waals surface area contributed by atoms with Crippen LogP contribution in [0.15, 0.2) is 77.1 Å². The number of amides is 2. The van der Waals surface area contributed by atoms with Crippen molar-refractivity contribution >= 4 is 29.2 Å². The van der Waals surface area contributed by atoms with Crippen LogP contribution in [0.25, 0.3) is 0 Å². The topological polar surface area (TPSA) is 134 Å². The number of esters is 1. The van der Waals surface area contributed by atoms with Crippen molar-refractivity contribution in [2.45, 2.75) is 39.7 Å². The molecule has 0 saturated carbocycles. The second kappa shape index (κ2) is 12.9. The second-order valence-corrected chi connectivity index (χ2v) is 10.8. The zero-order chi connectivity index (χ0) is 30.6. The Morgan fingerprint density at radius 1 is 0.976 bits per heavy atom. The molecule has 2 aromatic carbocycles. The van der Waals surface area contributed by atoms with Gasteiger partial charge in [-0.2, -0.15) is 0 Å². The zero-order valence-electron chi connectivity index (χ0n) is 24.5. The molecule has 2 atom stereocenters. The zero-order valence-corrected chi connectivity index (χ0v) is 24.5. The molecule has 11 nitrogen and oxygen atoms in total. The molecule has 2 aliphatic heterocycles. The molecular formula is C31H37N5O6. The molecule has 0 spiro atoms. The van der Waals surface area contributed by atoms with E-state index in [0.29, 0.717) is 43.1 Å². The lowest BCUT2D eigenvalue weighted by atomic mass is 9.79. The summed E-state index contributed by atoms with van der Waals surface area (Å²) in [5.41, 5.74) is 2.62. The minimum absolute atomic E-state index is 0.165. The fraction of sp³-hybridized carbons (Fsp3) is 0.387. The summed E-state index contributed by atoms with van der Waals surface area (Å²) in [6.07, 6.45) is 0. The predicted octanol–water partition coefficient (Wildman–Crippen LogP) is 3.49. The predicted molar refractivity (Wildman–Crippen MR) is 158 cm³/mol. The highest BCUT2D eigenvalue weighted by Crippen LogP contribution is 2.39. The summed E-state index contributed by atoms with van der Waals surface area (Å²) in [7, 11) is 1.24. The molecule has 42 heavy (non-hydrogen) atoms. The number of benzene rings is 2. The minimum atomic E-state index is -0.948. The van der Waals surface area contributed by atoms with Gasteiger partial charge in [-0.1, -0.05) is 44.2 Å². The standard InChI is InChI=1S/C31H37N5O6/c1-19(2)28(30(38)35-16-14-34(15-17-35)23-11-7-6-8-12-23)33-29(37)25-20(3)32-21(4)26(31(39)42-5)27(25)22-10-9-13-24(18-22)36(40)41/h6-13,18-19,27-28,32H,14-17H2,1-5H3,(H,33,37). The number of dihydropyridines is 1. The number of carbonyl (C=O) groups is 3. The van der Waals surface area contributed by atoms with Gasteiger partial charge in [0.15, 0.2) is 0 Å². The van der Waals surface area contributed by atoms with Crippen molar-refractivity contribution in [2.75, 3.05) is 38.2 Å². The maximum absolute atomic E-state index is 14.0. The first-order chi connectivity index (χ1) is 20.0. The number of ether oxygens (including phenoxy) is 1. The van der Waals surface area contributed by atoms with Gasteiger partial charge in [0.2, 0.25) is 5.91 Å². The first kappa shape index (κ1) is 30.3. The van der Waals surface area contributed by atoms with Gasteiger partial charge >= 0.3 is 5.97 Å². The number of hydrogen-bond donors (Lipinski definition) is 2. The highest BCUT2D eigenvalue weighted by molar-refractivity contribution is 6.03. The Hall–Kier alpha value is -4.67. The third-order valence-electron chi connectivity index (χ3n) is 7.76. The molecule has 0 aromatic heterocycles. The molecule has 1 fully saturated rings. The number of rotatable bonds is 8. The van der Waals surface area contributed by atoms with Gasteiger partial charge in [-0.15, -0.1) is 0 Å². The van der Waals surface area contributed by atoms with Crippen LogP contribution in [0, 0.1) is 16.0 Å². The molecule has 2 aromatic rings. The number of methoxy groups -OCH3 is 1. The smallest absolute Gasteiger partial charge is 0.336 e. The summed E-state index contributed by atoms with van der Waals surface area (Å²) in [5.74, 6) is -2.56. The molecule has 1 saturated heterocycles. The molecular weight excluding hydrogens is 538 g/mol. The quantitative estimate of drug-likeness (QED) is 0.278. The first-order valence-electron chi connectivity index (χ1n) is 13.9. The fourth-order valence-electron chi connectivity index (χ4n) is 5.58. The first-order valence-corrected chi connectivity index (χ1v) is 13.9. The second-order valence-electron chi connectivity index (χ2n) is 10.8. The van der Waals surface area contributed by atoms with E-state index in [1.807, 2.05) is 44.2 Å². The highest BCUT2D eigenvalue weighted by Gasteiger charge is 2.39. The number of para-hydroxylation sites is 1. The number of nitrogens with one attached hydrogen (secondary N) is 2. The van der Waals surface area contributed by atoms with Crippen molar-refractivity contribution in [1.29, 1.82) is 0 Å². The van der Waals surface area contributed by atoms with Crippen molar-refractivity contribution in [3.63, 3.8) is 0 Å². The summed E-state index contributed by atoms with van der Waals surface area (Å²) < 4.78 is 5.04. The average molecular weight is 576 g/mol. The summed E-state index contributed by atoms with van der Waals surface area (Å²) >= 11 is 0. The SMILES string of the molecule is COC(=O)C1=C(C)NC(C)=C(C(=O)NC(C(=O)N2CCN(c3ccccc3)CC2)C(C)C)C1c1cccc([N+](=O)[O-])c1. The van der Waals surface area contributed by atoms with Crippen LogP contribution in [0.4, 0.5) is 11.4 Å². The third kappa shape index (κ3) is 6.29. The van der Waals surface area contributed by atoms with Gasteiger partial charge in [0, 0.05) is 61.0 Å². The monoisotopic (exact) mass is 575 g/mol. The average Bonchev–Trinajstić information content (AvgIpc) is 2.99. The maximum atomic E-state index is 14.0. The van der Waals surface area contributed by atoms with Crippen LogP contribution in [-0.4, -0.2) is 66.9 Å². The van der Waals surface area contributed by atoms with Gasteiger partial charge < -0.3 is 25.2 Å². The Bertz CT molecular complexity index is 1430. The number of nitrogens with zero attached hydrogens (tertiary/aromatic N) is 3. The van der Waals surface area contributed by atoms with Crippen LogP contribution in [0.2, 0.25) is 0 Å². The van der Waals surface area contributed by atoms with Gasteiger partial charge in [0.25, 0.3) is 11.6 Å². The van der Waals surface area contributed by atoms with E-state index in [1.165, 1.54) is 25.3 Å². The number of anilines is 1. The van der Waals surface area contributed by atoms with E-state index in [4.69, 9.17) is 4.74 Å². The molecule has 0 radical (unpaired) electrons. The lowest BCUT2D eigenvalue weighted by Crippen LogP contribution is -2.57. The van der Waals surface area contributed by atoms with Gasteiger partial charge in [0.1, 0.15) is 6.04 Å². The van der Waals surface area contributed by atoms with Crippen LogP contribution in [-0.2, 0) is 19.1 Å². The van der Waals surface area contributed by atoms with Gasteiger partial charge in [-0.25, -0.2) is 4.79 Å². The molecule has 11 heteroatoms. The lowest BCUT2D eigenvalue weighted by molar-refractivity contribution is -0.384. The van der Waals surface area contributed by atoms with E-state index in [2.05, 4.69) is 15.5 Å². The molecule has 4 rings (SSSR count). The van der Waals surface area contributed by atoms with Crippen LogP contribution in [0.1, 0.15) is 39.2 Å². The molecule has 2 aliphatic rings. The summed E-state index contributed by atoms with van der Waals surface area (Å²) in [4.78, 5) is 55.7. The third-order valence-corrected chi connectivity index (χ3v) is 7.76. The Morgan fingerprint density at radius 3 is 2.21 bits per heavy atom. The number of allylic oxidation sites excluding steroid dienone is 2. The number of carbonyl (C=O) groups excluding carboxylic acids is 3. The molecule has 222 valence electrons. The Labute approximate surface area is 245 Å². The summed E-state index contributed by atoms with van der Waals surface area (Å²) in [5, 5.41) is 17.6. The van der Waals surface area contributed by atoms with Crippen molar-refractivity contribution in [3.8, 4) is 0 Å². The number of hydrogen-bond acceptors (Lipinski definition) is 8. The molecule has 2 amide bonds. The van der Waals surface area contributed by atoms with Gasteiger partial charge in [-0.05, 0) is 37.5 Å². The molecule has 2 N–H and O–H groups in total. The van der Waals surface area contributed by atoms with Crippen LogP contribution in [0.3, 0.4) is 0 Å². The van der Waals surface area contributed by atoms with Crippen LogP contribution >= 0.6 is 0 Å². The fourth-order valence-corrected chi connectivity index (χ4v) is 5.58. The van der Waals surface area contributed by atoms with E-state index in [0.717, 1.165) is 5.69 Å². The van der Waals surface area contributed by atoms with E-state index in [1.54, 1.807) is 24.8 Å². The number of piperazine rings is 1. The lowest BCUT2D eigenvalue weighted by Gasteiger charge is -2.38. The van der Waals surface area contributed by atoms with Gasteiger partial charge in [0.05, 0.1) is 23.5 Å². The Kier molecular flexibility index (Phi) is 9.29. The van der Waals surface area contributed by atoms with Crippen molar-refractivity contribution < 1.29 is 24.0 Å². The van der Waals surface area contributed by atoms with Crippen LogP contribution in [0.5, 0.6) is 0 Å². The normalized spacial score (nSPS) is 18.0. The van der Waals surface area contributed by atoms with E-state index >= 15 is 0 Å². The molecule has 2 unspecified atom stereocenters. The van der Waals surface area contributed by atoms with E-state index in [-0.39, 0.29) is 28.7 Å². The van der Waals surface area contributed by atoms with E-state index in [9.17, 15) is 24.5 Å². The highest BCUT2D eigenvalue weighted by atomic mass is 16.6.